The molecular weight excluding hydrogens is 394 g/mol. The average Bonchev–Trinajstić information content (AvgIpc) is 3.19. The molecule has 0 saturated heterocycles. The molecule has 1 aromatic heterocycles. The SMILES string of the molecule is Cc1ccc(/C=N\N=C([O-])c2ccccc2NS(=O)(=O)c2cccs2)c(C)c1. The summed E-state index contributed by atoms with van der Waals surface area (Å²) in [6.07, 6.45) is 1.51. The number of aryl methyl sites for hydroxylation is 2. The van der Waals surface area contributed by atoms with Crippen LogP contribution < -0.4 is 9.83 Å². The van der Waals surface area contributed by atoms with E-state index in [1.54, 1.807) is 23.6 Å². The highest BCUT2D eigenvalue weighted by Gasteiger charge is 2.16. The van der Waals surface area contributed by atoms with E-state index in [9.17, 15) is 13.5 Å². The molecule has 0 aliphatic carbocycles. The molecule has 0 fully saturated rings. The minimum atomic E-state index is -3.76. The van der Waals surface area contributed by atoms with E-state index in [1.165, 1.54) is 24.4 Å². The first-order chi connectivity index (χ1) is 13.4. The summed E-state index contributed by atoms with van der Waals surface area (Å²) in [5.74, 6) is -0.634. The van der Waals surface area contributed by atoms with E-state index in [0.29, 0.717) is 0 Å². The van der Waals surface area contributed by atoms with Crippen LogP contribution in [-0.4, -0.2) is 20.5 Å². The number of hydrogen-bond acceptors (Lipinski definition) is 6. The zero-order chi connectivity index (χ0) is 20.1. The Morgan fingerprint density at radius 2 is 1.89 bits per heavy atom. The van der Waals surface area contributed by atoms with E-state index in [4.69, 9.17) is 0 Å². The first kappa shape index (κ1) is 19.8. The van der Waals surface area contributed by atoms with Gasteiger partial charge in [0.15, 0.2) is 0 Å². The summed E-state index contributed by atoms with van der Waals surface area (Å²) < 4.78 is 27.5. The van der Waals surface area contributed by atoms with Crippen LogP contribution in [0.3, 0.4) is 0 Å². The summed E-state index contributed by atoms with van der Waals surface area (Å²) in [7, 11) is -3.76. The van der Waals surface area contributed by atoms with Gasteiger partial charge in [-0.15, -0.1) is 11.3 Å². The third kappa shape index (κ3) is 4.65. The Hall–Kier alpha value is -2.97. The maximum Gasteiger partial charge on any atom is 0.271 e. The van der Waals surface area contributed by atoms with E-state index in [0.717, 1.165) is 28.0 Å². The van der Waals surface area contributed by atoms with Crippen molar-refractivity contribution >= 4 is 39.2 Å². The Bertz CT molecular complexity index is 1140. The third-order valence-corrected chi connectivity index (χ3v) is 6.70. The number of nitrogens with one attached hydrogen (secondary N) is 1. The Labute approximate surface area is 168 Å². The summed E-state index contributed by atoms with van der Waals surface area (Å²) in [5, 5.41) is 21.7. The Morgan fingerprint density at radius 1 is 1.11 bits per heavy atom. The lowest BCUT2D eigenvalue weighted by Gasteiger charge is -2.15. The molecule has 3 aromatic rings. The minimum Gasteiger partial charge on any atom is -0.857 e. The number of nitrogens with zero attached hydrogens (tertiary/aromatic N) is 2. The first-order valence-electron chi connectivity index (χ1n) is 8.38. The first-order valence-corrected chi connectivity index (χ1v) is 10.7. The highest BCUT2D eigenvalue weighted by molar-refractivity contribution is 7.94. The standard InChI is InChI=1S/C20H19N3O3S2/c1-14-9-10-16(15(2)12-14)13-21-22-20(24)17-6-3-4-7-18(17)23-28(25,26)19-8-5-11-27-19/h3-13,23H,1-2H3,(H,22,24)/p-1/b21-13-. The van der Waals surface area contributed by atoms with Gasteiger partial charge in [-0.25, -0.2) is 8.42 Å². The summed E-state index contributed by atoms with van der Waals surface area (Å²) in [6.45, 7) is 3.95. The molecule has 0 bridgehead atoms. The molecule has 28 heavy (non-hydrogen) atoms. The Kier molecular flexibility index (Phi) is 5.91. The van der Waals surface area contributed by atoms with Crippen LogP contribution in [0.2, 0.25) is 0 Å². The highest BCUT2D eigenvalue weighted by Crippen LogP contribution is 2.22. The van der Waals surface area contributed by atoms with Crippen LogP contribution in [0, 0.1) is 13.8 Å². The van der Waals surface area contributed by atoms with Gasteiger partial charge in [0.05, 0.1) is 11.9 Å². The predicted octanol–water partition coefficient (Wildman–Crippen LogP) is 3.31. The van der Waals surface area contributed by atoms with Crippen LogP contribution in [0.25, 0.3) is 0 Å². The second kappa shape index (κ2) is 8.37. The van der Waals surface area contributed by atoms with Gasteiger partial charge in [0.25, 0.3) is 10.0 Å². The lowest BCUT2D eigenvalue weighted by molar-refractivity contribution is -0.213. The molecule has 144 valence electrons. The van der Waals surface area contributed by atoms with Crippen molar-refractivity contribution in [2.75, 3.05) is 4.72 Å². The second-order valence-corrected chi connectivity index (χ2v) is 8.95. The van der Waals surface area contributed by atoms with E-state index in [2.05, 4.69) is 14.9 Å². The molecule has 8 heteroatoms. The van der Waals surface area contributed by atoms with Crippen LogP contribution in [0.5, 0.6) is 0 Å². The molecule has 2 aromatic carbocycles. The monoisotopic (exact) mass is 412 g/mol. The molecule has 3 rings (SSSR count). The molecule has 0 aliphatic heterocycles. The highest BCUT2D eigenvalue weighted by atomic mass is 32.2. The molecule has 0 unspecified atom stereocenters. The maximum absolute atomic E-state index is 12.5. The van der Waals surface area contributed by atoms with Gasteiger partial charge in [0.1, 0.15) is 4.21 Å². The van der Waals surface area contributed by atoms with Crippen LogP contribution in [0.15, 0.2) is 74.4 Å². The van der Waals surface area contributed by atoms with Gasteiger partial charge in [-0.3, -0.25) is 4.72 Å². The van der Waals surface area contributed by atoms with Crippen molar-refractivity contribution in [3.8, 4) is 0 Å². The number of thiophene rings is 1. The van der Waals surface area contributed by atoms with Crippen molar-refractivity contribution < 1.29 is 13.5 Å². The fraction of sp³-hybridized carbons (Fsp3) is 0.100. The van der Waals surface area contributed by atoms with Crippen LogP contribution in [0.1, 0.15) is 22.3 Å². The molecule has 1 N–H and O–H groups in total. The van der Waals surface area contributed by atoms with Gasteiger partial charge in [-0.05, 0) is 42.5 Å². The molecule has 0 amide bonds. The lowest BCUT2D eigenvalue weighted by Crippen LogP contribution is -2.22. The fourth-order valence-electron chi connectivity index (χ4n) is 2.54. The number of benzene rings is 2. The van der Waals surface area contributed by atoms with Gasteiger partial charge >= 0.3 is 0 Å². The minimum absolute atomic E-state index is 0.125. The van der Waals surface area contributed by atoms with E-state index >= 15 is 0 Å². The largest absolute Gasteiger partial charge is 0.857 e. The summed E-state index contributed by atoms with van der Waals surface area (Å²) in [4.78, 5) is 0. The van der Waals surface area contributed by atoms with Crippen molar-refractivity contribution in [3.63, 3.8) is 0 Å². The quantitative estimate of drug-likeness (QED) is 0.382. The zero-order valence-corrected chi connectivity index (χ0v) is 16.9. The van der Waals surface area contributed by atoms with Gasteiger partial charge in [-0.1, -0.05) is 48.0 Å². The molecule has 0 saturated carbocycles. The molecule has 6 nitrogen and oxygen atoms in total. The van der Waals surface area contributed by atoms with Crippen molar-refractivity contribution in [1.82, 2.24) is 0 Å². The number of hydrogen-bond donors (Lipinski definition) is 1. The third-order valence-electron chi connectivity index (χ3n) is 3.93. The average molecular weight is 413 g/mol. The fourth-order valence-corrected chi connectivity index (χ4v) is 4.61. The van der Waals surface area contributed by atoms with Crippen LogP contribution in [0.4, 0.5) is 5.69 Å². The number of para-hydroxylation sites is 1. The van der Waals surface area contributed by atoms with Crippen molar-refractivity contribution in [2.45, 2.75) is 18.1 Å². The molecule has 0 atom stereocenters. The molecule has 1 heterocycles. The van der Waals surface area contributed by atoms with Gasteiger partial charge in [-0.2, -0.15) is 10.2 Å². The Balaban J connectivity index is 1.85. The van der Waals surface area contributed by atoms with E-state index in [-0.39, 0.29) is 15.5 Å². The molecular formula is C20H18N3O3S2-. The maximum atomic E-state index is 12.5. The van der Waals surface area contributed by atoms with Gasteiger partial charge in [0, 0.05) is 11.5 Å². The molecule has 0 aliphatic rings. The molecule has 0 spiro atoms. The number of rotatable bonds is 6. The zero-order valence-electron chi connectivity index (χ0n) is 15.3. The number of anilines is 1. The topological polar surface area (TPSA) is 93.9 Å². The Morgan fingerprint density at radius 3 is 2.61 bits per heavy atom. The summed E-state index contributed by atoms with van der Waals surface area (Å²) >= 11 is 1.09. The van der Waals surface area contributed by atoms with Crippen molar-refractivity contribution in [2.24, 2.45) is 10.2 Å². The van der Waals surface area contributed by atoms with Gasteiger partial charge in [0.2, 0.25) is 0 Å². The van der Waals surface area contributed by atoms with E-state index < -0.39 is 15.9 Å². The normalized spacial score (nSPS) is 12.4. The predicted molar refractivity (Wildman–Crippen MR) is 112 cm³/mol. The summed E-state index contributed by atoms with van der Waals surface area (Å²) in [6, 6.07) is 15.3. The number of sulfonamides is 1. The lowest BCUT2D eigenvalue weighted by atomic mass is 10.1. The second-order valence-electron chi connectivity index (χ2n) is 6.09. The smallest absolute Gasteiger partial charge is 0.271 e. The molecule has 0 radical (unpaired) electrons. The van der Waals surface area contributed by atoms with Crippen LogP contribution >= 0.6 is 11.3 Å². The van der Waals surface area contributed by atoms with Crippen LogP contribution in [-0.2, 0) is 10.0 Å². The van der Waals surface area contributed by atoms with Crippen molar-refractivity contribution in [1.29, 1.82) is 0 Å². The van der Waals surface area contributed by atoms with Crippen molar-refractivity contribution in [3.05, 3.63) is 82.2 Å². The summed E-state index contributed by atoms with van der Waals surface area (Å²) in [5.41, 5.74) is 3.30. The van der Waals surface area contributed by atoms with E-state index in [1.807, 2.05) is 32.0 Å². The van der Waals surface area contributed by atoms with Gasteiger partial charge < -0.3 is 5.11 Å².